The zero-order chi connectivity index (χ0) is 20.3. The molecule has 0 spiro atoms. The van der Waals surface area contributed by atoms with Crippen molar-refractivity contribution in [3.8, 4) is 11.5 Å². The molecular weight excluding hydrogens is 494 g/mol. The van der Waals surface area contributed by atoms with Crippen molar-refractivity contribution in [3.63, 3.8) is 0 Å². The molecule has 2 aromatic rings. The third kappa shape index (κ3) is 4.69. The van der Waals surface area contributed by atoms with E-state index in [0.29, 0.717) is 28.0 Å². The van der Waals surface area contributed by atoms with E-state index in [0.717, 1.165) is 4.47 Å². The monoisotopic (exact) mass is 507 g/mol. The molecule has 28 heavy (non-hydrogen) atoms. The predicted octanol–water partition coefficient (Wildman–Crippen LogP) is 4.88. The fourth-order valence-electron chi connectivity index (χ4n) is 2.46. The minimum absolute atomic E-state index is 0.160. The fourth-order valence-corrected chi connectivity index (χ4v) is 3.26. The lowest BCUT2D eigenvalue weighted by Crippen LogP contribution is -2.05. The van der Waals surface area contributed by atoms with Crippen molar-refractivity contribution < 1.29 is 23.8 Å². The summed E-state index contributed by atoms with van der Waals surface area (Å²) < 4.78 is 17.5. The van der Waals surface area contributed by atoms with E-state index in [-0.39, 0.29) is 17.3 Å². The Morgan fingerprint density at radius 2 is 1.93 bits per heavy atom. The fraction of sp³-hybridized carbons (Fsp3) is 0.150. The molecule has 8 heteroatoms. The number of hydrogen-bond acceptors (Lipinski definition) is 6. The van der Waals surface area contributed by atoms with Crippen LogP contribution in [-0.2, 0) is 14.3 Å². The van der Waals surface area contributed by atoms with Crippen LogP contribution in [0.3, 0.4) is 0 Å². The molecule has 0 N–H and O–H groups in total. The van der Waals surface area contributed by atoms with Crippen LogP contribution in [0.5, 0.6) is 11.5 Å². The molecule has 0 atom stereocenters. The highest BCUT2D eigenvalue weighted by molar-refractivity contribution is 9.10. The Labute approximate surface area is 178 Å². The molecule has 0 aliphatic carbocycles. The summed E-state index contributed by atoms with van der Waals surface area (Å²) in [6.45, 7) is 3.51. The van der Waals surface area contributed by atoms with Gasteiger partial charge in [-0.1, -0.05) is 15.9 Å². The maximum absolute atomic E-state index is 12.2. The summed E-state index contributed by atoms with van der Waals surface area (Å²) in [5, 5.41) is 0. The first-order valence-electron chi connectivity index (χ1n) is 8.30. The molecule has 0 aromatic heterocycles. The van der Waals surface area contributed by atoms with E-state index in [1.807, 2.05) is 19.1 Å². The summed E-state index contributed by atoms with van der Waals surface area (Å²) in [6, 6.07) is 10.7. The number of ether oxygens (including phenoxy) is 3. The topological polar surface area (TPSA) is 74.2 Å². The van der Waals surface area contributed by atoms with E-state index in [1.54, 1.807) is 30.3 Å². The average molecular weight is 509 g/mol. The molecule has 0 unspecified atom stereocenters. The van der Waals surface area contributed by atoms with Gasteiger partial charge in [0.25, 0.3) is 0 Å². The molecule has 0 amide bonds. The molecule has 1 heterocycles. The van der Waals surface area contributed by atoms with Gasteiger partial charge in [-0.05, 0) is 70.9 Å². The highest BCUT2D eigenvalue weighted by atomic mass is 79.9. The van der Waals surface area contributed by atoms with Gasteiger partial charge in [0.05, 0.1) is 11.1 Å². The van der Waals surface area contributed by atoms with Gasteiger partial charge in [-0.15, -0.1) is 0 Å². The zero-order valence-electron chi connectivity index (χ0n) is 15.0. The van der Waals surface area contributed by atoms with E-state index < -0.39 is 11.9 Å². The smallest absolute Gasteiger partial charge is 0.363 e. The maximum atomic E-state index is 12.2. The van der Waals surface area contributed by atoms with Crippen molar-refractivity contribution in [1.29, 1.82) is 0 Å². The summed E-state index contributed by atoms with van der Waals surface area (Å²) >= 11 is 6.74. The van der Waals surface area contributed by atoms with Crippen molar-refractivity contribution in [3.05, 3.63) is 62.2 Å². The van der Waals surface area contributed by atoms with Gasteiger partial charge in [0, 0.05) is 17.0 Å². The Bertz CT molecular complexity index is 996. The van der Waals surface area contributed by atoms with Crippen LogP contribution in [0, 0.1) is 0 Å². The second-order valence-corrected chi connectivity index (χ2v) is 7.47. The van der Waals surface area contributed by atoms with Crippen molar-refractivity contribution in [2.45, 2.75) is 13.8 Å². The van der Waals surface area contributed by atoms with E-state index >= 15 is 0 Å². The van der Waals surface area contributed by atoms with Gasteiger partial charge in [0.1, 0.15) is 0 Å². The Balaban J connectivity index is 1.96. The number of rotatable bonds is 5. The number of benzene rings is 2. The standard InChI is InChI=1S/C20H15Br2NO5/c1-3-26-17-10-12(8-15(22)18(17)27-11(2)24)9-16-20(25)28-19(23-16)13-4-6-14(21)7-5-13/h4-10H,3H2,1-2H3. The molecule has 0 bridgehead atoms. The van der Waals surface area contributed by atoms with Crippen LogP contribution in [-0.4, -0.2) is 24.4 Å². The number of carbonyl (C=O) groups is 2. The van der Waals surface area contributed by atoms with Gasteiger partial charge in [-0.3, -0.25) is 4.79 Å². The summed E-state index contributed by atoms with van der Waals surface area (Å²) in [5.41, 5.74) is 1.49. The molecule has 3 rings (SSSR count). The molecule has 6 nitrogen and oxygen atoms in total. The van der Waals surface area contributed by atoms with Crippen molar-refractivity contribution in [2.75, 3.05) is 6.61 Å². The highest BCUT2D eigenvalue weighted by Gasteiger charge is 2.24. The molecule has 0 radical (unpaired) electrons. The van der Waals surface area contributed by atoms with Crippen molar-refractivity contribution in [1.82, 2.24) is 0 Å². The Kier molecular flexibility index (Phi) is 6.31. The predicted molar refractivity (Wildman–Crippen MR) is 111 cm³/mol. The molecule has 144 valence electrons. The molecule has 0 fully saturated rings. The number of esters is 2. The van der Waals surface area contributed by atoms with Gasteiger partial charge in [0.2, 0.25) is 5.90 Å². The van der Waals surface area contributed by atoms with Crippen molar-refractivity contribution in [2.24, 2.45) is 4.99 Å². The van der Waals surface area contributed by atoms with Crippen LogP contribution < -0.4 is 9.47 Å². The lowest BCUT2D eigenvalue weighted by molar-refractivity contribution is -0.132. The summed E-state index contributed by atoms with van der Waals surface area (Å²) in [6.07, 6.45) is 1.58. The third-order valence-electron chi connectivity index (χ3n) is 3.59. The van der Waals surface area contributed by atoms with E-state index in [9.17, 15) is 9.59 Å². The lowest BCUT2D eigenvalue weighted by atomic mass is 10.1. The Morgan fingerprint density at radius 3 is 2.57 bits per heavy atom. The SMILES string of the molecule is CCOc1cc(C=C2N=C(c3ccc(Br)cc3)OC2=O)cc(Br)c1OC(C)=O. The molecule has 1 aliphatic rings. The molecule has 2 aromatic carbocycles. The van der Waals surface area contributed by atoms with Gasteiger partial charge in [-0.2, -0.15) is 0 Å². The first-order valence-corrected chi connectivity index (χ1v) is 9.89. The Morgan fingerprint density at radius 1 is 1.21 bits per heavy atom. The normalized spacial score (nSPS) is 14.6. The van der Waals surface area contributed by atoms with Gasteiger partial charge in [0.15, 0.2) is 17.2 Å². The molecule has 0 saturated heterocycles. The minimum Gasteiger partial charge on any atom is -0.490 e. The summed E-state index contributed by atoms with van der Waals surface area (Å²) in [7, 11) is 0. The molecular formula is C20H15Br2NO5. The van der Waals surface area contributed by atoms with Crippen LogP contribution >= 0.6 is 31.9 Å². The second-order valence-electron chi connectivity index (χ2n) is 5.70. The number of carbonyl (C=O) groups excluding carboxylic acids is 2. The van der Waals surface area contributed by atoms with E-state index in [4.69, 9.17) is 14.2 Å². The van der Waals surface area contributed by atoms with Crippen LogP contribution in [0.15, 0.2) is 56.0 Å². The number of aliphatic imine (C=N–C) groups is 1. The second kappa shape index (κ2) is 8.70. The third-order valence-corrected chi connectivity index (χ3v) is 4.71. The quantitative estimate of drug-likeness (QED) is 0.327. The average Bonchev–Trinajstić information content (AvgIpc) is 2.99. The minimum atomic E-state index is -0.545. The lowest BCUT2D eigenvalue weighted by Gasteiger charge is -2.12. The highest BCUT2D eigenvalue weighted by Crippen LogP contribution is 2.38. The van der Waals surface area contributed by atoms with Crippen LogP contribution in [0.2, 0.25) is 0 Å². The van der Waals surface area contributed by atoms with Gasteiger partial charge >= 0.3 is 11.9 Å². The number of nitrogens with zero attached hydrogens (tertiary/aromatic N) is 1. The van der Waals surface area contributed by atoms with Crippen LogP contribution in [0.1, 0.15) is 25.0 Å². The first-order chi connectivity index (χ1) is 13.4. The molecule has 1 aliphatic heterocycles. The van der Waals surface area contributed by atoms with Crippen LogP contribution in [0.4, 0.5) is 0 Å². The van der Waals surface area contributed by atoms with Gasteiger partial charge in [-0.25, -0.2) is 9.79 Å². The summed E-state index contributed by atoms with van der Waals surface area (Å²) in [4.78, 5) is 27.8. The van der Waals surface area contributed by atoms with E-state index in [1.165, 1.54) is 6.92 Å². The number of hydrogen-bond donors (Lipinski definition) is 0. The van der Waals surface area contributed by atoms with E-state index in [2.05, 4.69) is 36.9 Å². The number of cyclic esters (lactones) is 1. The number of halogens is 2. The summed E-state index contributed by atoms with van der Waals surface area (Å²) in [5.74, 6) is -0.108. The van der Waals surface area contributed by atoms with Crippen molar-refractivity contribution >= 4 is 55.8 Å². The molecule has 0 saturated carbocycles. The first kappa shape index (κ1) is 20.3. The largest absolute Gasteiger partial charge is 0.490 e. The van der Waals surface area contributed by atoms with Gasteiger partial charge < -0.3 is 14.2 Å². The zero-order valence-corrected chi connectivity index (χ0v) is 18.2. The Hall–Kier alpha value is -2.45. The maximum Gasteiger partial charge on any atom is 0.363 e. The van der Waals surface area contributed by atoms with Crippen LogP contribution in [0.25, 0.3) is 6.08 Å².